The predicted octanol–water partition coefficient (Wildman–Crippen LogP) is 3.88. The molecular formula is C20H19BrClN3O3S. The minimum atomic E-state index is -3.87. The minimum absolute atomic E-state index is 0.0982. The van der Waals surface area contributed by atoms with E-state index in [9.17, 15) is 13.2 Å². The molecule has 6 nitrogen and oxygen atoms in total. The number of aryl methyl sites for hydroxylation is 1. The van der Waals surface area contributed by atoms with Crippen molar-refractivity contribution in [3.05, 3.63) is 57.7 Å². The van der Waals surface area contributed by atoms with Gasteiger partial charge in [0, 0.05) is 34.2 Å². The molecule has 9 heteroatoms. The normalized spacial score (nSPS) is 16.0. The standard InChI is InChI=1S/C20H19BrClN3O3S/c1-13-3-5-15(6-4-13)29(27,28)25-11-17(21)16-9-14(22)10-18(20(16)25)24-8-7-23(2)12-19(24)26/h3-6,9-11H,7-8,12H2,1-2H3. The number of fused-ring (bicyclic) bond motifs is 1. The fourth-order valence-electron chi connectivity index (χ4n) is 3.50. The van der Waals surface area contributed by atoms with Gasteiger partial charge in [0.1, 0.15) is 0 Å². The number of carbonyl (C=O) groups excluding carboxylic acids is 1. The highest BCUT2D eigenvalue weighted by molar-refractivity contribution is 9.10. The molecule has 1 aliphatic rings. The highest BCUT2D eigenvalue weighted by atomic mass is 79.9. The lowest BCUT2D eigenvalue weighted by atomic mass is 10.2. The molecule has 0 bridgehead atoms. The van der Waals surface area contributed by atoms with Gasteiger partial charge in [-0.25, -0.2) is 12.4 Å². The van der Waals surface area contributed by atoms with E-state index in [1.807, 2.05) is 18.9 Å². The number of halogens is 2. The first-order chi connectivity index (χ1) is 13.7. The highest BCUT2D eigenvalue weighted by Crippen LogP contribution is 2.38. The molecule has 1 aromatic heterocycles. The smallest absolute Gasteiger partial charge is 0.268 e. The molecule has 0 unspecified atom stereocenters. The Kier molecular flexibility index (Phi) is 5.23. The summed E-state index contributed by atoms with van der Waals surface area (Å²) in [6.07, 6.45) is 1.51. The summed E-state index contributed by atoms with van der Waals surface area (Å²) >= 11 is 9.78. The van der Waals surface area contributed by atoms with Crippen LogP contribution in [0.25, 0.3) is 10.9 Å². The van der Waals surface area contributed by atoms with Crippen LogP contribution in [0.5, 0.6) is 0 Å². The van der Waals surface area contributed by atoms with E-state index in [0.717, 1.165) is 5.56 Å². The number of likely N-dealkylation sites (N-methyl/N-ethyl adjacent to an activating group) is 1. The van der Waals surface area contributed by atoms with Crippen LogP contribution in [0.3, 0.4) is 0 Å². The maximum Gasteiger partial charge on any atom is 0.268 e. The van der Waals surface area contributed by atoms with Gasteiger partial charge in [-0.3, -0.25) is 9.69 Å². The number of nitrogens with zero attached hydrogens (tertiary/aromatic N) is 3. The number of carbonyl (C=O) groups is 1. The number of benzene rings is 2. The van der Waals surface area contributed by atoms with Gasteiger partial charge in [0.05, 0.1) is 22.6 Å². The first-order valence-electron chi connectivity index (χ1n) is 9.00. The van der Waals surface area contributed by atoms with Crippen LogP contribution >= 0.6 is 27.5 Å². The zero-order chi connectivity index (χ0) is 20.9. The van der Waals surface area contributed by atoms with Gasteiger partial charge >= 0.3 is 0 Å². The molecule has 0 saturated carbocycles. The van der Waals surface area contributed by atoms with Crippen molar-refractivity contribution in [1.82, 2.24) is 8.87 Å². The first kappa shape index (κ1) is 20.4. The summed E-state index contributed by atoms with van der Waals surface area (Å²) in [4.78, 5) is 16.4. The second-order valence-corrected chi connectivity index (χ2v) is 10.3. The number of hydrogen-bond acceptors (Lipinski definition) is 4. The summed E-state index contributed by atoms with van der Waals surface area (Å²) in [5.74, 6) is -0.0982. The van der Waals surface area contributed by atoms with Crippen LogP contribution < -0.4 is 4.90 Å². The van der Waals surface area contributed by atoms with E-state index in [-0.39, 0.29) is 17.3 Å². The van der Waals surface area contributed by atoms with E-state index in [1.54, 1.807) is 41.3 Å². The molecule has 1 fully saturated rings. The number of aromatic nitrogens is 1. The lowest BCUT2D eigenvalue weighted by Crippen LogP contribution is -2.49. The van der Waals surface area contributed by atoms with E-state index in [1.165, 1.54) is 10.2 Å². The van der Waals surface area contributed by atoms with Gasteiger partial charge in [0.15, 0.2) is 0 Å². The Morgan fingerprint density at radius 2 is 1.79 bits per heavy atom. The Labute approximate surface area is 182 Å². The average Bonchev–Trinajstić information content (AvgIpc) is 2.99. The molecule has 3 aromatic rings. The highest BCUT2D eigenvalue weighted by Gasteiger charge is 2.29. The SMILES string of the molecule is Cc1ccc(S(=O)(=O)n2cc(Br)c3cc(Cl)cc(N4CCN(C)CC4=O)c32)cc1. The molecule has 1 amide bonds. The van der Waals surface area contributed by atoms with Crippen molar-refractivity contribution in [3.8, 4) is 0 Å². The lowest BCUT2D eigenvalue weighted by Gasteiger charge is -2.32. The zero-order valence-electron chi connectivity index (χ0n) is 15.9. The fourth-order valence-corrected chi connectivity index (χ4v) is 5.74. The van der Waals surface area contributed by atoms with E-state index >= 15 is 0 Å². The van der Waals surface area contributed by atoms with Crippen LogP contribution in [0, 0.1) is 6.92 Å². The number of amides is 1. The van der Waals surface area contributed by atoms with Gasteiger partial charge < -0.3 is 4.90 Å². The Balaban J connectivity index is 1.97. The molecule has 29 heavy (non-hydrogen) atoms. The Bertz CT molecular complexity index is 1220. The van der Waals surface area contributed by atoms with Crippen molar-refractivity contribution in [2.75, 3.05) is 31.6 Å². The summed E-state index contributed by atoms with van der Waals surface area (Å²) in [6.45, 7) is 3.31. The summed E-state index contributed by atoms with van der Waals surface area (Å²) in [5.41, 5.74) is 1.89. The number of piperazine rings is 1. The molecule has 1 saturated heterocycles. The number of hydrogen-bond donors (Lipinski definition) is 0. The molecular weight excluding hydrogens is 478 g/mol. The zero-order valence-corrected chi connectivity index (χ0v) is 19.1. The van der Waals surface area contributed by atoms with Gasteiger partial charge in [-0.05, 0) is 54.2 Å². The van der Waals surface area contributed by atoms with Crippen LogP contribution in [-0.2, 0) is 14.8 Å². The van der Waals surface area contributed by atoms with Crippen molar-refractivity contribution in [2.24, 2.45) is 0 Å². The van der Waals surface area contributed by atoms with E-state index in [4.69, 9.17) is 11.6 Å². The lowest BCUT2D eigenvalue weighted by molar-refractivity contribution is -0.120. The fraction of sp³-hybridized carbons (Fsp3) is 0.250. The molecule has 152 valence electrons. The first-order valence-corrected chi connectivity index (χ1v) is 11.6. The molecule has 0 spiro atoms. The maximum atomic E-state index is 13.4. The van der Waals surface area contributed by atoms with Crippen LogP contribution in [-0.4, -0.2) is 49.9 Å². The quantitative estimate of drug-likeness (QED) is 0.552. The van der Waals surface area contributed by atoms with Gasteiger partial charge in [-0.1, -0.05) is 29.3 Å². The minimum Gasteiger partial charge on any atom is -0.308 e. The average molecular weight is 497 g/mol. The largest absolute Gasteiger partial charge is 0.308 e. The summed E-state index contributed by atoms with van der Waals surface area (Å²) in [5, 5.41) is 1.07. The van der Waals surface area contributed by atoms with Gasteiger partial charge in [-0.15, -0.1) is 0 Å². The van der Waals surface area contributed by atoms with Crippen LogP contribution in [0.1, 0.15) is 5.56 Å². The third-order valence-electron chi connectivity index (χ3n) is 5.04. The van der Waals surface area contributed by atoms with E-state index in [0.29, 0.717) is 39.2 Å². The third-order valence-corrected chi connectivity index (χ3v) is 7.57. The Hall–Kier alpha value is -1.87. The van der Waals surface area contributed by atoms with Crippen molar-refractivity contribution in [1.29, 1.82) is 0 Å². The monoisotopic (exact) mass is 495 g/mol. The molecule has 0 N–H and O–H groups in total. The Morgan fingerprint density at radius 1 is 1.10 bits per heavy atom. The molecule has 2 aromatic carbocycles. The molecule has 4 rings (SSSR count). The second-order valence-electron chi connectivity index (χ2n) is 7.20. The van der Waals surface area contributed by atoms with Gasteiger partial charge in [0.2, 0.25) is 5.91 Å². The van der Waals surface area contributed by atoms with Crippen LogP contribution in [0.4, 0.5) is 5.69 Å². The summed E-state index contributed by atoms with van der Waals surface area (Å²) < 4.78 is 28.7. The molecule has 0 radical (unpaired) electrons. The molecule has 0 aliphatic carbocycles. The van der Waals surface area contributed by atoms with E-state index < -0.39 is 10.0 Å². The summed E-state index contributed by atoms with van der Waals surface area (Å²) in [6, 6.07) is 10.0. The van der Waals surface area contributed by atoms with Gasteiger partial charge in [0.25, 0.3) is 10.0 Å². The predicted molar refractivity (Wildman–Crippen MR) is 118 cm³/mol. The molecule has 0 atom stereocenters. The van der Waals surface area contributed by atoms with Crippen molar-refractivity contribution >= 4 is 60.1 Å². The third kappa shape index (κ3) is 3.59. The number of rotatable bonds is 3. The van der Waals surface area contributed by atoms with Crippen LogP contribution in [0.15, 0.2) is 52.0 Å². The van der Waals surface area contributed by atoms with Crippen molar-refractivity contribution in [2.45, 2.75) is 11.8 Å². The second kappa shape index (κ2) is 7.43. The van der Waals surface area contributed by atoms with Crippen LogP contribution in [0.2, 0.25) is 5.02 Å². The molecule has 1 aliphatic heterocycles. The summed E-state index contributed by atoms with van der Waals surface area (Å²) in [7, 11) is -1.99. The van der Waals surface area contributed by atoms with Gasteiger partial charge in [-0.2, -0.15) is 0 Å². The topological polar surface area (TPSA) is 62.6 Å². The van der Waals surface area contributed by atoms with Crippen molar-refractivity contribution < 1.29 is 13.2 Å². The van der Waals surface area contributed by atoms with E-state index in [2.05, 4.69) is 15.9 Å². The van der Waals surface area contributed by atoms with Crippen molar-refractivity contribution in [3.63, 3.8) is 0 Å². The molecule has 2 heterocycles. The maximum absolute atomic E-state index is 13.4. The Morgan fingerprint density at radius 3 is 2.45 bits per heavy atom. The number of anilines is 1.